The number of nitrogens with zero attached hydrogens (tertiary/aromatic N) is 2. The second-order valence-corrected chi connectivity index (χ2v) is 3.20. The van der Waals surface area contributed by atoms with Crippen molar-refractivity contribution in [1.82, 2.24) is 9.78 Å². The van der Waals surface area contributed by atoms with Gasteiger partial charge in [-0.2, -0.15) is 9.78 Å². The third-order valence-electron chi connectivity index (χ3n) is 2.24. The third-order valence-corrected chi connectivity index (χ3v) is 2.24. The Hall–Kier alpha value is -1.88. The summed E-state index contributed by atoms with van der Waals surface area (Å²) in [7, 11) is 1.45. The molecule has 0 atom stereocenters. The lowest BCUT2D eigenvalue weighted by atomic mass is 10.3. The van der Waals surface area contributed by atoms with E-state index < -0.39 is 5.82 Å². The van der Waals surface area contributed by atoms with Crippen LogP contribution in [0.3, 0.4) is 0 Å². The zero-order chi connectivity index (χ0) is 11.5. The monoisotopic (exact) mass is 222 g/mol. The van der Waals surface area contributed by atoms with Gasteiger partial charge < -0.3 is 9.84 Å². The summed E-state index contributed by atoms with van der Waals surface area (Å²) in [5.41, 5.74) is 0.810. The number of aliphatic hydroxyl groups excluding tert-OH is 1. The topological polar surface area (TPSA) is 47.3 Å². The van der Waals surface area contributed by atoms with Crippen LogP contribution in [0.15, 0.2) is 30.5 Å². The molecule has 84 valence electrons. The van der Waals surface area contributed by atoms with Crippen LogP contribution < -0.4 is 4.74 Å². The van der Waals surface area contributed by atoms with Crippen molar-refractivity contribution >= 4 is 0 Å². The van der Waals surface area contributed by atoms with Crippen LogP contribution in [0.1, 0.15) is 5.56 Å². The van der Waals surface area contributed by atoms with E-state index in [1.807, 2.05) is 0 Å². The maximum absolute atomic E-state index is 13.5. The highest BCUT2D eigenvalue weighted by atomic mass is 19.1. The fourth-order valence-corrected chi connectivity index (χ4v) is 1.49. The first-order chi connectivity index (χ1) is 7.77. The minimum Gasteiger partial charge on any atom is -0.481 e. The molecule has 1 N–H and O–H groups in total. The van der Waals surface area contributed by atoms with Crippen LogP contribution in [-0.2, 0) is 6.61 Å². The minimum absolute atomic E-state index is 0.197. The highest BCUT2D eigenvalue weighted by Crippen LogP contribution is 2.23. The summed E-state index contributed by atoms with van der Waals surface area (Å²) in [4.78, 5) is 0. The number of aliphatic hydroxyl groups is 1. The molecule has 0 fully saturated rings. The number of methoxy groups -OCH3 is 1. The van der Waals surface area contributed by atoms with E-state index in [0.717, 1.165) is 0 Å². The first kappa shape index (κ1) is 10.6. The molecule has 5 heteroatoms. The van der Waals surface area contributed by atoms with Gasteiger partial charge in [0.25, 0.3) is 0 Å². The van der Waals surface area contributed by atoms with Crippen LogP contribution >= 0.6 is 0 Å². The molecule has 0 saturated heterocycles. The predicted octanol–water partition coefficient (Wildman–Crippen LogP) is 1.51. The molecule has 0 aliphatic carbocycles. The first-order valence-electron chi connectivity index (χ1n) is 4.74. The molecule has 0 amide bonds. The zero-order valence-corrected chi connectivity index (χ0v) is 8.72. The molecule has 0 unspecified atom stereocenters. The Labute approximate surface area is 91.9 Å². The molecular weight excluding hydrogens is 211 g/mol. The smallest absolute Gasteiger partial charge is 0.222 e. The van der Waals surface area contributed by atoms with E-state index in [1.54, 1.807) is 18.2 Å². The summed E-state index contributed by atoms with van der Waals surface area (Å²) >= 11 is 0. The Morgan fingerprint density at radius 2 is 2.19 bits per heavy atom. The summed E-state index contributed by atoms with van der Waals surface area (Å²) in [6, 6.07) is 6.24. The summed E-state index contributed by atoms with van der Waals surface area (Å²) < 4.78 is 19.9. The van der Waals surface area contributed by atoms with Crippen molar-refractivity contribution in [2.24, 2.45) is 0 Å². The van der Waals surface area contributed by atoms with E-state index in [4.69, 9.17) is 9.84 Å². The standard InChI is InChI=1S/C11H11FN2O2/c1-16-11-8(7-15)6-13-14(11)10-5-3-2-4-9(10)12/h2-6,15H,7H2,1H3. The largest absolute Gasteiger partial charge is 0.481 e. The number of hydrogen-bond acceptors (Lipinski definition) is 3. The molecule has 0 bridgehead atoms. The summed E-state index contributed by atoms with van der Waals surface area (Å²) in [5, 5.41) is 13.0. The number of halogens is 1. The Kier molecular flexibility index (Phi) is 2.87. The van der Waals surface area contributed by atoms with Gasteiger partial charge in [0.15, 0.2) is 0 Å². The van der Waals surface area contributed by atoms with Crippen molar-refractivity contribution in [2.75, 3.05) is 7.11 Å². The molecule has 1 aromatic heterocycles. The van der Waals surface area contributed by atoms with E-state index in [1.165, 1.54) is 24.1 Å². The Morgan fingerprint density at radius 1 is 1.44 bits per heavy atom. The highest BCUT2D eigenvalue weighted by molar-refractivity contribution is 5.39. The Bertz CT molecular complexity index is 496. The van der Waals surface area contributed by atoms with Crippen LogP contribution in [0.2, 0.25) is 0 Å². The minimum atomic E-state index is -0.395. The lowest BCUT2D eigenvalue weighted by Crippen LogP contribution is -2.02. The van der Waals surface area contributed by atoms with Gasteiger partial charge in [-0.05, 0) is 12.1 Å². The maximum atomic E-state index is 13.5. The van der Waals surface area contributed by atoms with Crippen molar-refractivity contribution in [3.8, 4) is 11.6 Å². The molecule has 1 aromatic carbocycles. The number of benzene rings is 1. The fraction of sp³-hybridized carbons (Fsp3) is 0.182. The van der Waals surface area contributed by atoms with E-state index in [2.05, 4.69) is 5.10 Å². The number of hydrogen-bond donors (Lipinski definition) is 1. The van der Waals surface area contributed by atoms with Crippen molar-refractivity contribution in [1.29, 1.82) is 0 Å². The third kappa shape index (κ3) is 1.65. The van der Waals surface area contributed by atoms with Crippen molar-refractivity contribution < 1.29 is 14.2 Å². The normalized spacial score (nSPS) is 10.4. The zero-order valence-electron chi connectivity index (χ0n) is 8.72. The van der Waals surface area contributed by atoms with Gasteiger partial charge in [-0.15, -0.1) is 0 Å². The second kappa shape index (κ2) is 4.32. The highest BCUT2D eigenvalue weighted by Gasteiger charge is 2.14. The molecule has 16 heavy (non-hydrogen) atoms. The Morgan fingerprint density at radius 3 is 2.81 bits per heavy atom. The molecule has 0 aliphatic heterocycles. The van der Waals surface area contributed by atoms with Crippen molar-refractivity contribution in [3.05, 3.63) is 41.8 Å². The molecule has 0 radical (unpaired) electrons. The maximum Gasteiger partial charge on any atom is 0.222 e. The lowest BCUT2D eigenvalue weighted by molar-refractivity contribution is 0.272. The number of ether oxygens (including phenoxy) is 1. The number of aromatic nitrogens is 2. The van der Waals surface area contributed by atoms with Gasteiger partial charge >= 0.3 is 0 Å². The van der Waals surface area contributed by atoms with Gasteiger partial charge in [-0.3, -0.25) is 0 Å². The molecular formula is C11H11FN2O2. The molecule has 2 aromatic rings. The van der Waals surface area contributed by atoms with Crippen molar-refractivity contribution in [2.45, 2.75) is 6.61 Å². The number of para-hydroxylation sites is 1. The molecule has 0 spiro atoms. The van der Waals surface area contributed by atoms with Crippen LogP contribution in [0.5, 0.6) is 5.88 Å². The summed E-state index contributed by atoms with van der Waals surface area (Å²) in [6.45, 7) is -0.197. The molecule has 2 rings (SSSR count). The summed E-state index contributed by atoms with van der Waals surface area (Å²) in [6.07, 6.45) is 1.45. The van der Waals surface area contributed by atoms with Gasteiger partial charge in [0.2, 0.25) is 5.88 Å². The SMILES string of the molecule is COc1c(CO)cnn1-c1ccccc1F. The van der Waals surface area contributed by atoms with Crippen LogP contribution in [0.25, 0.3) is 5.69 Å². The van der Waals surface area contributed by atoms with Crippen molar-refractivity contribution in [3.63, 3.8) is 0 Å². The van der Waals surface area contributed by atoms with Crippen LogP contribution in [0, 0.1) is 5.82 Å². The van der Waals surface area contributed by atoms with Gasteiger partial charge in [0, 0.05) is 0 Å². The van der Waals surface area contributed by atoms with Crippen LogP contribution in [0.4, 0.5) is 4.39 Å². The second-order valence-electron chi connectivity index (χ2n) is 3.20. The quantitative estimate of drug-likeness (QED) is 0.856. The van der Waals surface area contributed by atoms with E-state index in [-0.39, 0.29) is 6.61 Å². The van der Waals surface area contributed by atoms with E-state index in [0.29, 0.717) is 17.1 Å². The molecule has 0 saturated carbocycles. The van der Waals surface area contributed by atoms with E-state index in [9.17, 15) is 4.39 Å². The van der Waals surface area contributed by atoms with Gasteiger partial charge in [-0.1, -0.05) is 12.1 Å². The predicted molar refractivity (Wildman–Crippen MR) is 56.0 cm³/mol. The molecule has 0 aliphatic rings. The van der Waals surface area contributed by atoms with Gasteiger partial charge in [0.1, 0.15) is 11.5 Å². The first-order valence-corrected chi connectivity index (χ1v) is 4.74. The summed E-state index contributed by atoms with van der Waals surface area (Å²) in [5.74, 6) is -0.0546. The molecule has 1 heterocycles. The Balaban J connectivity index is 2.56. The van der Waals surface area contributed by atoms with Gasteiger partial charge in [-0.25, -0.2) is 4.39 Å². The average molecular weight is 222 g/mol. The molecule has 4 nitrogen and oxygen atoms in total. The van der Waals surface area contributed by atoms with E-state index >= 15 is 0 Å². The lowest BCUT2D eigenvalue weighted by Gasteiger charge is -2.07. The fourth-order valence-electron chi connectivity index (χ4n) is 1.49. The average Bonchev–Trinajstić information content (AvgIpc) is 2.72. The van der Waals surface area contributed by atoms with Crippen LogP contribution in [-0.4, -0.2) is 22.0 Å². The number of rotatable bonds is 3. The van der Waals surface area contributed by atoms with Gasteiger partial charge in [0.05, 0.1) is 25.5 Å².